The molecule has 0 aliphatic heterocycles. The molecule has 0 N–H and O–H groups in total. The summed E-state index contributed by atoms with van der Waals surface area (Å²) in [5.41, 5.74) is 4.37. The van der Waals surface area contributed by atoms with Crippen LogP contribution in [0.2, 0.25) is 5.02 Å². The first-order valence-corrected chi connectivity index (χ1v) is 14.8. The highest BCUT2D eigenvalue weighted by molar-refractivity contribution is 8.00. The van der Waals surface area contributed by atoms with Crippen molar-refractivity contribution >= 4 is 57.2 Å². The van der Waals surface area contributed by atoms with E-state index in [1.165, 1.54) is 27.7 Å². The van der Waals surface area contributed by atoms with Gasteiger partial charge >= 0.3 is 5.97 Å². The number of thioether (sulfide) groups is 1. The van der Waals surface area contributed by atoms with Crippen LogP contribution in [0.1, 0.15) is 38.8 Å². The fourth-order valence-electron chi connectivity index (χ4n) is 4.44. The molecule has 0 unspecified atom stereocenters. The summed E-state index contributed by atoms with van der Waals surface area (Å²) in [4.78, 5) is 27.1. The monoisotopic (exact) mass is 572 g/mol. The van der Waals surface area contributed by atoms with Crippen LogP contribution in [0, 0.1) is 6.92 Å². The minimum Gasteiger partial charge on any atom is -0.466 e. The molecule has 7 heteroatoms. The minimum atomic E-state index is -0.361. The predicted octanol–water partition coefficient (Wildman–Crippen LogP) is 7.77. The molecule has 4 nitrogen and oxygen atoms in total. The van der Waals surface area contributed by atoms with Crippen LogP contribution in [-0.4, -0.2) is 18.4 Å². The molecule has 0 bridgehead atoms. The van der Waals surface area contributed by atoms with Gasteiger partial charge < -0.3 is 4.74 Å². The molecule has 0 radical (unpaired) electrons. The summed E-state index contributed by atoms with van der Waals surface area (Å²) in [6, 6.07) is 25.6. The second kappa shape index (κ2) is 12.2. The van der Waals surface area contributed by atoms with E-state index in [4.69, 9.17) is 16.3 Å². The van der Waals surface area contributed by atoms with Crippen molar-refractivity contribution in [1.82, 2.24) is 0 Å². The number of carbonyl (C=O) groups is 2. The van der Waals surface area contributed by atoms with Crippen molar-refractivity contribution in [2.45, 2.75) is 30.2 Å². The molecule has 0 atom stereocenters. The first-order valence-electron chi connectivity index (χ1n) is 12.6. The number of aryl methyl sites for hydroxylation is 1. The number of rotatable bonds is 9. The second-order valence-electron chi connectivity index (χ2n) is 9.07. The Morgan fingerprint density at radius 1 is 0.949 bits per heavy atom. The maximum Gasteiger partial charge on any atom is 0.310 e. The molecule has 0 aliphatic carbocycles. The van der Waals surface area contributed by atoms with E-state index in [2.05, 4.69) is 36.4 Å². The van der Waals surface area contributed by atoms with E-state index in [1.54, 1.807) is 43.0 Å². The fourth-order valence-corrected chi connectivity index (χ4v) is 7.15. The Morgan fingerprint density at radius 3 is 2.41 bits per heavy atom. The molecule has 39 heavy (non-hydrogen) atoms. The van der Waals surface area contributed by atoms with Gasteiger partial charge in [0, 0.05) is 28.5 Å². The van der Waals surface area contributed by atoms with E-state index in [0.717, 1.165) is 15.5 Å². The van der Waals surface area contributed by atoms with Gasteiger partial charge in [-0.15, -0.1) is 23.1 Å². The van der Waals surface area contributed by atoms with Crippen LogP contribution >= 0.6 is 34.7 Å². The summed E-state index contributed by atoms with van der Waals surface area (Å²) in [7, 11) is 0. The Morgan fingerprint density at radius 2 is 1.67 bits per heavy atom. The van der Waals surface area contributed by atoms with Crippen LogP contribution in [0.5, 0.6) is 0 Å². The van der Waals surface area contributed by atoms with Crippen LogP contribution in [0.3, 0.4) is 0 Å². The third-order valence-corrected chi connectivity index (χ3v) is 9.16. The number of pyridine rings is 1. The Labute approximate surface area is 241 Å². The molecule has 3 aromatic carbocycles. The number of nitrogens with zero attached hydrogens (tertiary/aromatic N) is 1. The van der Waals surface area contributed by atoms with Crippen molar-refractivity contribution in [3.05, 3.63) is 123 Å². The molecule has 0 fully saturated rings. The van der Waals surface area contributed by atoms with E-state index in [0.29, 0.717) is 26.8 Å². The topological polar surface area (TPSA) is 47.3 Å². The van der Waals surface area contributed by atoms with Crippen LogP contribution in [0.25, 0.3) is 16.5 Å². The van der Waals surface area contributed by atoms with Gasteiger partial charge in [-0.3, -0.25) is 9.59 Å². The van der Waals surface area contributed by atoms with E-state index < -0.39 is 0 Å². The predicted molar refractivity (Wildman–Crippen MR) is 159 cm³/mol. The van der Waals surface area contributed by atoms with Crippen molar-refractivity contribution < 1.29 is 18.9 Å². The molecule has 2 heterocycles. The standard InChI is InChI=1S/C32H27ClNO3S2/c1-3-37-28(35)19-27-29(34-17-15-21(2)16-18-34)32(39-31(27)30(36)23-11-13-25(33)14-12-23)38-20-24-9-6-8-22-7-4-5-10-26(22)24/h4-18H,3,19-20H2,1-2H3/q+1. The van der Waals surface area contributed by atoms with E-state index in [-0.39, 0.29) is 24.8 Å². The number of halogens is 1. The molecule has 0 amide bonds. The molecule has 196 valence electrons. The van der Waals surface area contributed by atoms with Crippen molar-refractivity contribution in [3.8, 4) is 5.69 Å². The van der Waals surface area contributed by atoms with Gasteiger partial charge in [0.25, 0.3) is 0 Å². The van der Waals surface area contributed by atoms with Crippen molar-refractivity contribution in [2.24, 2.45) is 0 Å². The number of benzene rings is 3. The number of fused-ring (bicyclic) bond motifs is 1. The number of esters is 1. The largest absolute Gasteiger partial charge is 0.466 e. The number of ether oxygens (including phenoxy) is 1. The molecule has 5 rings (SSSR count). The van der Waals surface area contributed by atoms with Crippen LogP contribution in [0.4, 0.5) is 0 Å². The Bertz CT molecular complexity index is 1640. The lowest BCUT2D eigenvalue weighted by atomic mass is 10.0. The lowest BCUT2D eigenvalue weighted by Gasteiger charge is -2.07. The number of thiophene rings is 1. The van der Waals surface area contributed by atoms with Gasteiger partial charge in [0.1, 0.15) is 4.21 Å². The molecule has 0 aliphatic rings. The lowest BCUT2D eigenvalue weighted by molar-refractivity contribution is -0.598. The maximum atomic E-state index is 13.8. The Kier molecular flexibility index (Phi) is 8.46. The van der Waals surface area contributed by atoms with E-state index in [1.807, 2.05) is 42.1 Å². The molecular weight excluding hydrogens is 546 g/mol. The van der Waals surface area contributed by atoms with Gasteiger partial charge in [-0.05, 0) is 60.0 Å². The number of hydrogen-bond donors (Lipinski definition) is 0. The first-order chi connectivity index (χ1) is 18.9. The summed E-state index contributed by atoms with van der Waals surface area (Å²) >= 11 is 9.19. The highest BCUT2D eigenvalue weighted by Crippen LogP contribution is 2.40. The quantitative estimate of drug-likeness (QED) is 0.0783. The van der Waals surface area contributed by atoms with Gasteiger partial charge in [-0.1, -0.05) is 54.1 Å². The Hall–Kier alpha value is -3.45. The summed E-state index contributed by atoms with van der Waals surface area (Å²) < 4.78 is 8.29. The lowest BCUT2D eigenvalue weighted by Crippen LogP contribution is -2.31. The molecule has 0 saturated carbocycles. The average molecular weight is 573 g/mol. The second-order valence-corrected chi connectivity index (χ2v) is 11.8. The van der Waals surface area contributed by atoms with Crippen molar-refractivity contribution in [1.29, 1.82) is 0 Å². The Balaban J connectivity index is 1.63. The van der Waals surface area contributed by atoms with Crippen LogP contribution in [0.15, 0.2) is 95.5 Å². The molecule has 0 spiro atoms. The third-order valence-electron chi connectivity index (χ3n) is 6.38. The van der Waals surface area contributed by atoms with Crippen molar-refractivity contribution in [3.63, 3.8) is 0 Å². The smallest absolute Gasteiger partial charge is 0.310 e. The van der Waals surface area contributed by atoms with Gasteiger partial charge in [0.15, 0.2) is 12.4 Å². The summed E-state index contributed by atoms with van der Waals surface area (Å²) in [5.74, 6) is 0.219. The number of carbonyl (C=O) groups excluding carboxylic acids is 2. The highest BCUT2D eigenvalue weighted by Gasteiger charge is 2.31. The summed E-state index contributed by atoms with van der Waals surface area (Å²) in [6.45, 7) is 4.09. The van der Waals surface area contributed by atoms with E-state index in [9.17, 15) is 9.59 Å². The third kappa shape index (κ3) is 6.09. The SMILES string of the molecule is CCOC(=O)Cc1c(C(=O)c2ccc(Cl)cc2)sc(SCc2cccc3ccccc23)c1-[n+]1ccc(C)cc1. The minimum absolute atomic E-state index is 0.00401. The van der Waals surface area contributed by atoms with Gasteiger partial charge in [0.2, 0.25) is 11.5 Å². The van der Waals surface area contributed by atoms with Crippen LogP contribution in [-0.2, 0) is 21.7 Å². The number of ketones is 1. The summed E-state index contributed by atoms with van der Waals surface area (Å²) in [6.07, 6.45) is 3.96. The summed E-state index contributed by atoms with van der Waals surface area (Å²) in [5, 5.41) is 2.96. The molecule has 5 aromatic rings. The van der Waals surface area contributed by atoms with Crippen LogP contribution < -0.4 is 4.57 Å². The molecule has 2 aromatic heterocycles. The zero-order valence-electron chi connectivity index (χ0n) is 21.6. The van der Waals surface area contributed by atoms with Gasteiger partial charge in [0.05, 0.1) is 23.5 Å². The first kappa shape index (κ1) is 27.1. The molecular formula is C32H27ClNO3S2+. The van der Waals surface area contributed by atoms with Gasteiger partial charge in [-0.25, -0.2) is 0 Å². The maximum absolute atomic E-state index is 13.8. The average Bonchev–Trinajstić information content (AvgIpc) is 3.30. The molecule has 0 saturated heterocycles. The zero-order chi connectivity index (χ0) is 27.4. The normalized spacial score (nSPS) is 11.1. The number of aromatic nitrogens is 1. The van der Waals surface area contributed by atoms with E-state index >= 15 is 0 Å². The van der Waals surface area contributed by atoms with Crippen molar-refractivity contribution in [2.75, 3.05) is 6.61 Å². The zero-order valence-corrected chi connectivity index (χ0v) is 24.0. The highest BCUT2D eigenvalue weighted by atomic mass is 35.5. The number of hydrogen-bond acceptors (Lipinski definition) is 5. The van der Waals surface area contributed by atoms with Gasteiger partial charge in [-0.2, -0.15) is 4.57 Å². The fraction of sp³-hybridized carbons (Fsp3) is 0.156.